The van der Waals surface area contributed by atoms with E-state index in [2.05, 4.69) is 10.4 Å². The third kappa shape index (κ3) is 2.76. The van der Waals surface area contributed by atoms with Crippen molar-refractivity contribution in [2.75, 3.05) is 19.4 Å². The van der Waals surface area contributed by atoms with Gasteiger partial charge in [-0.15, -0.1) is 0 Å². The van der Waals surface area contributed by atoms with Crippen molar-refractivity contribution < 1.29 is 9.53 Å². The maximum absolute atomic E-state index is 11.7. The molecular weight excluding hydrogens is 220 g/mol. The zero-order chi connectivity index (χ0) is 12.3. The second-order valence-electron chi connectivity index (χ2n) is 4.46. The van der Waals surface area contributed by atoms with Crippen molar-refractivity contribution in [2.24, 2.45) is 0 Å². The normalized spacial score (nSPS) is 17.5. The summed E-state index contributed by atoms with van der Waals surface area (Å²) in [5, 5.41) is 6.82. The Balaban J connectivity index is 1.78. The molecule has 0 unspecified atom stereocenters. The van der Waals surface area contributed by atoms with Gasteiger partial charge in [-0.05, 0) is 25.3 Å². The molecule has 1 amide bonds. The van der Waals surface area contributed by atoms with Crippen LogP contribution in [0, 0.1) is 0 Å². The standard InChI is InChI=1S/C11H18N4O2/c1-17-11(4-2-5-11)8-13-10(16)7-15-6-3-9(12)14-15/h3,6H,2,4-5,7-8H2,1H3,(H2,12,14)(H,13,16). The van der Waals surface area contributed by atoms with Gasteiger partial charge in [0.25, 0.3) is 0 Å². The molecule has 6 nitrogen and oxygen atoms in total. The van der Waals surface area contributed by atoms with Crippen LogP contribution < -0.4 is 11.1 Å². The lowest BCUT2D eigenvalue weighted by atomic mass is 9.80. The number of carbonyl (C=O) groups is 1. The summed E-state index contributed by atoms with van der Waals surface area (Å²) in [6.07, 6.45) is 4.88. The van der Waals surface area contributed by atoms with E-state index in [9.17, 15) is 4.79 Å². The van der Waals surface area contributed by atoms with Crippen molar-refractivity contribution in [1.82, 2.24) is 15.1 Å². The summed E-state index contributed by atoms with van der Waals surface area (Å²) in [5.74, 6) is 0.349. The Labute approximate surface area is 100 Å². The van der Waals surface area contributed by atoms with Crippen molar-refractivity contribution in [3.63, 3.8) is 0 Å². The Hall–Kier alpha value is -1.56. The molecule has 0 radical (unpaired) electrons. The molecule has 0 atom stereocenters. The summed E-state index contributed by atoms with van der Waals surface area (Å²) in [4.78, 5) is 11.7. The second-order valence-corrected chi connectivity index (χ2v) is 4.46. The van der Waals surface area contributed by atoms with Crippen LogP contribution in [0.3, 0.4) is 0 Å². The van der Waals surface area contributed by atoms with E-state index in [4.69, 9.17) is 10.5 Å². The number of carbonyl (C=O) groups excluding carboxylic acids is 1. The fourth-order valence-corrected chi connectivity index (χ4v) is 1.95. The predicted molar refractivity (Wildman–Crippen MR) is 63.2 cm³/mol. The van der Waals surface area contributed by atoms with E-state index in [1.807, 2.05) is 0 Å². The smallest absolute Gasteiger partial charge is 0.241 e. The Morgan fingerprint density at radius 2 is 2.47 bits per heavy atom. The number of nitrogen functional groups attached to an aromatic ring is 1. The fourth-order valence-electron chi connectivity index (χ4n) is 1.95. The highest BCUT2D eigenvalue weighted by atomic mass is 16.5. The van der Waals surface area contributed by atoms with Crippen molar-refractivity contribution in [3.05, 3.63) is 12.3 Å². The van der Waals surface area contributed by atoms with E-state index in [1.54, 1.807) is 19.4 Å². The summed E-state index contributed by atoms with van der Waals surface area (Å²) < 4.78 is 6.94. The molecule has 0 saturated heterocycles. The number of hydrogen-bond donors (Lipinski definition) is 2. The van der Waals surface area contributed by atoms with Gasteiger partial charge in [-0.1, -0.05) is 0 Å². The summed E-state index contributed by atoms with van der Waals surface area (Å²) in [6.45, 7) is 0.760. The van der Waals surface area contributed by atoms with Crippen LogP contribution in [-0.2, 0) is 16.1 Å². The van der Waals surface area contributed by atoms with Gasteiger partial charge >= 0.3 is 0 Å². The minimum absolute atomic E-state index is 0.0728. The van der Waals surface area contributed by atoms with E-state index in [1.165, 1.54) is 11.1 Å². The summed E-state index contributed by atoms with van der Waals surface area (Å²) >= 11 is 0. The maximum atomic E-state index is 11.7. The molecule has 1 aliphatic carbocycles. The van der Waals surface area contributed by atoms with Gasteiger partial charge in [0.1, 0.15) is 12.4 Å². The summed E-state index contributed by atoms with van der Waals surface area (Å²) in [7, 11) is 1.69. The fraction of sp³-hybridized carbons (Fsp3) is 0.636. The number of nitrogens with one attached hydrogen (secondary N) is 1. The van der Waals surface area contributed by atoms with Gasteiger partial charge in [-0.2, -0.15) is 5.10 Å². The van der Waals surface area contributed by atoms with Crippen molar-refractivity contribution in [3.8, 4) is 0 Å². The number of ether oxygens (including phenoxy) is 1. The number of amides is 1. The maximum Gasteiger partial charge on any atom is 0.241 e. The van der Waals surface area contributed by atoms with Gasteiger partial charge in [0.2, 0.25) is 5.91 Å². The largest absolute Gasteiger partial charge is 0.382 e. The highest BCUT2D eigenvalue weighted by molar-refractivity contribution is 5.75. The average Bonchev–Trinajstić information content (AvgIpc) is 2.63. The monoisotopic (exact) mass is 238 g/mol. The van der Waals surface area contributed by atoms with Crippen LogP contribution in [0.2, 0.25) is 0 Å². The summed E-state index contributed by atoms with van der Waals surface area (Å²) in [5.41, 5.74) is 5.33. The molecule has 1 aromatic rings. The van der Waals surface area contributed by atoms with Crippen LogP contribution in [0.15, 0.2) is 12.3 Å². The van der Waals surface area contributed by atoms with E-state index in [-0.39, 0.29) is 18.1 Å². The van der Waals surface area contributed by atoms with Crippen molar-refractivity contribution in [2.45, 2.75) is 31.4 Å². The highest BCUT2D eigenvalue weighted by Gasteiger charge is 2.37. The van der Waals surface area contributed by atoms with Crippen molar-refractivity contribution >= 4 is 11.7 Å². The molecule has 2 rings (SSSR count). The molecule has 94 valence electrons. The first-order valence-electron chi connectivity index (χ1n) is 5.74. The Morgan fingerprint density at radius 3 is 2.94 bits per heavy atom. The molecule has 0 spiro atoms. The lowest BCUT2D eigenvalue weighted by Crippen LogP contribution is -2.49. The van der Waals surface area contributed by atoms with E-state index in [0.717, 1.165) is 12.8 Å². The van der Waals surface area contributed by atoms with Crippen LogP contribution in [-0.4, -0.2) is 34.9 Å². The number of nitrogens with two attached hydrogens (primary N) is 1. The molecule has 1 fully saturated rings. The molecule has 1 aliphatic rings. The van der Waals surface area contributed by atoms with Crippen LogP contribution in [0.25, 0.3) is 0 Å². The topological polar surface area (TPSA) is 82.2 Å². The number of aromatic nitrogens is 2. The molecule has 17 heavy (non-hydrogen) atoms. The van der Waals surface area contributed by atoms with Crippen molar-refractivity contribution in [1.29, 1.82) is 0 Å². The van der Waals surface area contributed by atoms with Crippen LogP contribution in [0.5, 0.6) is 0 Å². The lowest BCUT2D eigenvalue weighted by molar-refractivity contribution is -0.125. The highest BCUT2D eigenvalue weighted by Crippen LogP contribution is 2.34. The zero-order valence-corrected chi connectivity index (χ0v) is 9.98. The third-order valence-corrected chi connectivity index (χ3v) is 3.27. The summed E-state index contributed by atoms with van der Waals surface area (Å²) in [6, 6.07) is 1.66. The first kappa shape index (κ1) is 11.9. The Kier molecular flexibility index (Phi) is 3.33. The number of rotatable bonds is 5. The first-order valence-corrected chi connectivity index (χ1v) is 5.74. The molecule has 1 saturated carbocycles. The first-order chi connectivity index (χ1) is 8.13. The molecule has 3 N–H and O–H groups in total. The average molecular weight is 238 g/mol. The number of anilines is 1. The Bertz CT molecular complexity index is 392. The van der Waals surface area contributed by atoms with Gasteiger partial charge < -0.3 is 15.8 Å². The van der Waals surface area contributed by atoms with Gasteiger partial charge in [0, 0.05) is 19.9 Å². The molecule has 1 heterocycles. The number of nitrogens with zero attached hydrogens (tertiary/aromatic N) is 2. The molecule has 0 bridgehead atoms. The van der Waals surface area contributed by atoms with E-state index < -0.39 is 0 Å². The SMILES string of the molecule is COC1(CNC(=O)Cn2ccc(N)n2)CCC1. The number of hydrogen-bond acceptors (Lipinski definition) is 4. The minimum atomic E-state index is -0.140. The second kappa shape index (κ2) is 4.75. The third-order valence-electron chi connectivity index (χ3n) is 3.27. The molecule has 6 heteroatoms. The van der Waals surface area contributed by atoms with Crippen LogP contribution in [0.4, 0.5) is 5.82 Å². The zero-order valence-electron chi connectivity index (χ0n) is 9.98. The van der Waals surface area contributed by atoms with Crippen LogP contribution >= 0.6 is 0 Å². The lowest BCUT2D eigenvalue weighted by Gasteiger charge is -2.40. The van der Waals surface area contributed by atoms with Gasteiger partial charge in [-0.25, -0.2) is 0 Å². The van der Waals surface area contributed by atoms with E-state index >= 15 is 0 Å². The predicted octanol–water partition coefficient (Wildman–Crippen LogP) is 0.151. The Morgan fingerprint density at radius 1 is 1.71 bits per heavy atom. The molecule has 0 aromatic carbocycles. The quantitative estimate of drug-likeness (QED) is 0.765. The van der Waals surface area contributed by atoms with Gasteiger partial charge in [0.15, 0.2) is 0 Å². The van der Waals surface area contributed by atoms with E-state index in [0.29, 0.717) is 12.4 Å². The minimum Gasteiger partial charge on any atom is -0.382 e. The number of methoxy groups -OCH3 is 1. The molecule has 0 aliphatic heterocycles. The molecule has 1 aromatic heterocycles. The van der Waals surface area contributed by atoms with Gasteiger partial charge in [0.05, 0.1) is 5.60 Å². The van der Waals surface area contributed by atoms with Gasteiger partial charge in [-0.3, -0.25) is 9.48 Å². The molecular formula is C11H18N4O2. The van der Waals surface area contributed by atoms with Crippen LogP contribution in [0.1, 0.15) is 19.3 Å².